The third-order valence-electron chi connectivity index (χ3n) is 5.25. The molecule has 0 amide bonds. The molecule has 3 rings (SSSR count). The van der Waals surface area contributed by atoms with Crippen LogP contribution in [0.5, 0.6) is 0 Å². The van der Waals surface area contributed by atoms with Crippen LogP contribution < -0.4 is 5.32 Å². The maximum Gasteiger partial charge on any atom is 0.00683 e. The Balaban J connectivity index is 1.76. The van der Waals surface area contributed by atoms with Gasteiger partial charge in [0, 0.05) is 6.04 Å². The number of hydrogen-bond donors (Lipinski definition) is 1. The topological polar surface area (TPSA) is 12.0 Å². The van der Waals surface area contributed by atoms with E-state index < -0.39 is 0 Å². The van der Waals surface area contributed by atoms with Crippen molar-refractivity contribution in [3.8, 4) is 0 Å². The van der Waals surface area contributed by atoms with Gasteiger partial charge in [-0.3, -0.25) is 0 Å². The van der Waals surface area contributed by atoms with Gasteiger partial charge in [-0.2, -0.15) is 0 Å². The van der Waals surface area contributed by atoms with Crippen molar-refractivity contribution in [2.45, 2.75) is 64.8 Å². The summed E-state index contributed by atoms with van der Waals surface area (Å²) in [6.45, 7) is 8.33. The molecule has 0 aliphatic heterocycles. The molecule has 2 aliphatic rings. The minimum atomic E-state index is 0.504. The van der Waals surface area contributed by atoms with E-state index >= 15 is 0 Å². The standard InChI is InChI=1S/C19H29N/c1-14-5-4-6-15(11-14)18-12-19(2,3)10-9-16(18)13-20-17-7-8-17/h4-6,11,16-18,20H,7-10,12-13H2,1-3H3. The summed E-state index contributed by atoms with van der Waals surface area (Å²) in [7, 11) is 0. The molecule has 1 aromatic carbocycles. The number of hydrogen-bond acceptors (Lipinski definition) is 1. The fourth-order valence-corrected chi connectivity index (χ4v) is 3.78. The van der Waals surface area contributed by atoms with Crippen molar-refractivity contribution < 1.29 is 0 Å². The predicted octanol–water partition coefficient (Wildman–Crippen LogP) is 4.66. The lowest BCUT2D eigenvalue weighted by atomic mass is 9.65. The summed E-state index contributed by atoms with van der Waals surface area (Å²) in [6, 6.07) is 10.1. The molecule has 0 aromatic heterocycles. The van der Waals surface area contributed by atoms with E-state index in [1.54, 1.807) is 5.56 Å². The first kappa shape index (κ1) is 14.1. The predicted molar refractivity (Wildman–Crippen MR) is 86.1 cm³/mol. The SMILES string of the molecule is Cc1cccc(C2CC(C)(C)CCC2CNC2CC2)c1. The zero-order chi connectivity index (χ0) is 14.2. The Morgan fingerprint density at radius 1 is 1.20 bits per heavy atom. The van der Waals surface area contributed by atoms with E-state index in [-0.39, 0.29) is 0 Å². The monoisotopic (exact) mass is 271 g/mol. The fourth-order valence-electron chi connectivity index (χ4n) is 3.78. The Morgan fingerprint density at radius 3 is 2.70 bits per heavy atom. The third-order valence-corrected chi connectivity index (χ3v) is 5.25. The van der Waals surface area contributed by atoms with E-state index in [0.717, 1.165) is 17.9 Å². The first-order chi connectivity index (χ1) is 9.53. The minimum Gasteiger partial charge on any atom is -0.314 e. The zero-order valence-electron chi connectivity index (χ0n) is 13.3. The average molecular weight is 271 g/mol. The number of aryl methyl sites for hydroxylation is 1. The second-order valence-electron chi connectivity index (χ2n) is 7.87. The summed E-state index contributed by atoms with van der Waals surface area (Å²) >= 11 is 0. The summed E-state index contributed by atoms with van der Waals surface area (Å²) in [4.78, 5) is 0. The lowest BCUT2D eigenvalue weighted by Gasteiger charge is -2.41. The van der Waals surface area contributed by atoms with Crippen molar-refractivity contribution in [1.82, 2.24) is 5.32 Å². The van der Waals surface area contributed by atoms with E-state index in [1.165, 1.54) is 44.2 Å². The van der Waals surface area contributed by atoms with Crippen LogP contribution in [0.1, 0.15) is 63.0 Å². The van der Waals surface area contributed by atoms with Crippen LogP contribution >= 0.6 is 0 Å². The van der Waals surface area contributed by atoms with Crippen LogP contribution in [0.25, 0.3) is 0 Å². The van der Waals surface area contributed by atoms with Gasteiger partial charge in [-0.1, -0.05) is 43.7 Å². The molecule has 2 unspecified atom stereocenters. The second kappa shape index (κ2) is 5.52. The van der Waals surface area contributed by atoms with E-state index in [2.05, 4.69) is 50.4 Å². The maximum atomic E-state index is 3.77. The van der Waals surface area contributed by atoms with Crippen LogP contribution in [0.3, 0.4) is 0 Å². The van der Waals surface area contributed by atoms with Gasteiger partial charge >= 0.3 is 0 Å². The smallest absolute Gasteiger partial charge is 0.00683 e. The molecule has 0 heterocycles. The molecular weight excluding hydrogens is 242 g/mol. The molecule has 1 aromatic rings. The second-order valence-corrected chi connectivity index (χ2v) is 7.87. The molecule has 0 bridgehead atoms. The Bertz CT molecular complexity index is 457. The molecule has 2 fully saturated rings. The van der Waals surface area contributed by atoms with Crippen LogP contribution in [-0.2, 0) is 0 Å². The van der Waals surface area contributed by atoms with Crippen LogP contribution in [-0.4, -0.2) is 12.6 Å². The molecule has 2 saturated carbocycles. The highest BCUT2D eigenvalue weighted by Crippen LogP contribution is 2.46. The normalized spacial score (nSPS) is 29.4. The molecule has 2 aliphatic carbocycles. The molecule has 1 N–H and O–H groups in total. The van der Waals surface area contributed by atoms with Crippen molar-refractivity contribution in [1.29, 1.82) is 0 Å². The molecule has 0 spiro atoms. The minimum absolute atomic E-state index is 0.504. The van der Waals surface area contributed by atoms with Gasteiger partial charge in [0.25, 0.3) is 0 Å². The highest BCUT2D eigenvalue weighted by molar-refractivity contribution is 5.27. The molecular formula is C19H29N. The Morgan fingerprint density at radius 2 is 2.00 bits per heavy atom. The summed E-state index contributed by atoms with van der Waals surface area (Å²) in [6.07, 6.45) is 6.89. The molecule has 0 radical (unpaired) electrons. The molecule has 1 heteroatoms. The Kier molecular flexibility index (Phi) is 3.90. The van der Waals surface area contributed by atoms with Gasteiger partial charge in [0.2, 0.25) is 0 Å². The summed E-state index contributed by atoms with van der Waals surface area (Å²) in [5.74, 6) is 1.57. The number of nitrogens with one attached hydrogen (secondary N) is 1. The van der Waals surface area contributed by atoms with Crippen molar-refractivity contribution in [3.63, 3.8) is 0 Å². The van der Waals surface area contributed by atoms with Gasteiger partial charge in [0.15, 0.2) is 0 Å². The molecule has 20 heavy (non-hydrogen) atoms. The highest BCUT2D eigenvalue weighted by Gasteiger charge is 2.36. The van der Waals surface area contributed by atoms with Crippen LogP contribution in [0.2, 0.25) is 0 Å². The van der Waals surface area contributed by atoms with Gasteiger partial charge in [-0.15, -0.1) is 0 Å². The van der Waals surface area contributed by atoms with Crippen LogP contribution in [0, 0.1) is 18.3 Å². The quantitative estimate of drug-likeness (QED) is 0.840. The van der Waals surface area contributed by atoms with E-state index in [1.807, 2.05) is 0 Å². The molecule has 2 atom stereocenters. The largest absolute Gasteiger partial charge is 0.314 e. The first-order valence-corrected chi connectivity index (χ1v) is 8.33. The van der Waals surface area contributed by atoms with Gasteiger partial charge in [-0.25, -0.2) is 0 Å². The third kappa shape index (κ3) is 3.44. The van der Waals surface area contributed by atoms with Gasteiger partial charge in [0.1, 0.15) is 0 Å². The summed E-state index contributed by atoms with van der Waals surface area (Å²) in [5.41, 5.74) is 3.48. The van der Waals surface area contributed by atoms with Crippen molar-refractivity contribution >= 4 is 0 Å². The number of rotatable bonds is 4. The zero-order valence-corrected chi connectivity index (χ0v) is 13.3. The summed E-state index contributed by atoms with van der Waals surface area (Å²) < 4.78 is 0. The van der Waals surface area contributed by atoms with Crippen LogP contribution in [0.15, 0.2) is 24.3 Å². The van der Waals surface area contributed by atoms with Crippen molar-refractivity contribution in [2.75, 3.05) is 6.54 Å². The van der Waals surface area contributed by atoms with E-state index in [0.29, 0.717) is 5.41 Å². The average Bonchev–Trinajstić information content (AvgIpc) is 3.21. The molecule has 110 valence electrons. The first-order valence-electron chi connectivity index (χ1n) is 8.33. The van der Waals surface area contributed by atoms with Gasteiger partial charge in [0.05, 0.1) is 0 Å². The maximum absolute atomic E-state index is 3.77. The fraction of sp³-hybridized carbons (Fsp3) is 0.684. The van der Waals surface area contributed by atoms with E-state index in [4.69, 9.17) is 0 Å². The summed E-state index contributed by atoms with van der Waals surface area (Å²) in [5, 5.41) is 3.77. The Labute approximate surface area is 124 Å². The number of benzene rings is 1. The lowest BCUT2D eigenvalue weighted by molar-refractivity contribution is 0.159. The van der Waals surface area contributed by atoms with Crippen molar-refractivity contribution in [2.24, 2.45) is 11.3 Å². The van der Waals surface area contributed by atoms with Crippen LogP contribution in [0.4, 0.5) is 0 Å². The van der Waals surface area contributed by atoms with Crippen molar-refractivity contribution in [3.05, 3.63) is 35.4 Å². The lowest BCUT2D eigenvalue weighted by Crippen LogP contribution is -2.35. The highest BCUT2D eigenvalue weighted by atomic mass is 14.9. The van der Waals surface area contributed by atoms with Gasteiger partial charge in [-0.05, 0) is 68.4 Å². The van der Waals surface area contributed by atoms with Gasteiger partial charge < -0.3 is 5.32 Å². The molecule has 0 saturated heterocycles. The van der Waals surface area contributed by atoms with E-state index in [9.17, 15) is 0 Å². The Hall–Kier alpha value is -0.820. The molecule has 1 nitrogen and oxygen atoms in total.